The molecule has 1 aromatic carbocycles. The smallest absolute Gasteiger partial charge is 0.205 e. The number of nitrogens with two attached hydrogens (primary N) is 1. The molecule has 6 heteroatoms. The lowest BCUT2D eigenvalue weighted by molar-refractivity contribution is 0.401. The third kappa shape index (κ3) is 2.38. The molecule has 0 bridgehead atoms. The van der Waals surface area contributed by atoms with Crippen LogP contribution in [0.5, 0.6) is 5.75 Å². The summed E-state index contributed by atoms with van der Waals surface area (Å²) >= 11 is 7.95. The Labute approximate surface area is 154 Å². The molecule has 3 aromatic rings. The summed E-state index contributed by atoms with van der Waals surface area (Å²) < 4.78 is 5.86. The Morgan fingerprint density at radius 2 is 2.08 bits per heavy atom. The van der Waals surface area contributed by atoms with Gasteiger partial charge in [0.05, 0.1) is 16.2 Å². The second-order valence-electron chi connectivity index (χ2n) is 6.00. The number of aryl methyl sites for hydroxylation is 2. The van der Waals surface area contributed by atoms with Crippen molar-refractivity contribution in [2.45, 2.75) is 19.8 Å². The maximum Gasteiger partial charge on any atom is 0.205 e. The lowest BCUT2D eigenvalue weighted by Gasteiger charge is -2.24. The van der Waals surface area contributed by atoms with Crippen LogP contribution in [-0.2, 0) is 0 Å². The van der Waals surface area contributed by atoms with Crippen molar-refractivity contribution in [3.63, 3.8) is 0 Å². The van der Waals surface area contributed by atoms with Crippen LogP contribution in [0.3, 0.4) is 0 Å². The van der Waals surface area contributed by atoms with E-state index in [0.717, 1.165) is 31.9 Å². The number of aromatic nitrogens is 1. The number of rotatable bonds is 1. The minimum atomic E-state index is -0.346. The molecule has 4 nitrogen and oxygen atoms in total. The van der Waals surface area contributed by atoms with Crippen LogP contribution >= 0.6 is 22.9 Å². The molecule has 0 unspecified atom stereocenters. The zero-order valence-corrected chi connectivity index (χ0v) is 15.2. The van der Waals surface area contributed by atoms with Crippen molar-refractivity contribution in [3.05, 3.63) is 68.5 Å². The van der Waals surface area contributed by atoms with Gasteiger partial charge in [-0.1, -0.05) is 29.8 Å². The van der Waals surface area contributed by atoms with Gasteiger partial charge in [0.15, 0.2) is 5.75 Å². The van der Waals surface area contributed by atoms with E-state index in [1.165, 1.54) is 11.3 Å². The van der Waals surface area contributed by atoms with Gasteiger partial charge in [0.25, 0.3) is 0 Å². The molecule has 4 rings (SSSR count). The highest BCUT2D eigenvalue weighted by Gasteiger charge is 2.35. The molecule has 0 aliphatic carbocycles. The number of halogens is 1. The first-order valence-electron chi connectivity index (χ1n) is 7.74. The van der Waals surface area contributed by atoms with Gasteiger partial charge in [-0.25, -0.2) is 4.98 Å². The number of fused-ring (bicyclic) bond motifs is 3. The van der Waals surface area contributed by atoms with Crippen molar-refractivity contribution in [2.24, 2.45) is 5.73 Å². The van der Waals surface area contributed by atoms with E-state index < -0.39 is 0 Å². The molecular weight excluding hydrogens is 354 g/mol. The number of ether oxygens (including phenoxy) is 1. The number of nitriles is 1. The highest BCUT2D eigenvalue weighted by Crippen LogP contribution is 2.51. The van der Waals surface area contributed by atoms with Gasteiger partial charge >= 0.3 is 0 Å². The molecular formula is C19H14ClN3OS. The standard InChI is InChI=1S/C19H14ClN3OS/c1-9-7-10(2)23-19-14(9)16-17(25-19)15(12(8-21)18(22)24-16)11-5-3-4-6-13(11)20/h3-7,15H,22H2,1-2H3/t15-/m0/s1. The van der Waals surface area contributed by atoms with Gasteiger partial charge in [-0.2, -0.15) is 5.26 Å². The molecule has 0 saturated heterocycles. The van der Waals surface area contributed by atoms with Crippen molar-refractivity contribution in [2.75, 3.05) is 0 Å². The minimum absolute atomic E-state index is 0.125. The third-order valence-corrected chi connectivity index (χ3v) is 5.81. The molecule has 2 aromatic heterocycles. The van der Waals surface area contributed by atoms with E-state index in [0.29, 0.717) is 16.3 Å². The Bertz CT molecular complexity index is 1090. The summed E-state index contributed by atoms with van der Waals surface area (Å²) in [5.74, 6) is 0.465. The quantitative estimate of drug-likeness (QED) is 0.671. The molecule has 3 heterocycles. The first kappa shape index (κ1) is 15.9. The maximum atomic E-state index is 9.66. The van der Waals surface area contributed by atoms with Crippen LogP contribution in [0.1, 0.15) is 27.6 Å². The summed E-state index contributed by atoms with van der Waals surface area (Å²) in [4.78, 5) is 6.42. The first-order chi connectivity index (χ1) is 12.0. The summed E-state index contributed by atoms with van der Waals surface area (Å²) in [7, 11) is 0. The Balaban J connectivity index is 2.07. The monoisotopic (exact) mass is 367 g/mol. The molecule has 0 fully saturated rings. The average molecular weight is 368 g/mol. The molecule has 0 spiro atoms. The van der Waals surface area contributed by atoms with Gasteiger partial charge in [-0.3, -0.25) is 0 Å². The Morgan fingerprint density at radius 1 is 1.32 bits per heavy atom. The normalized spacial score (nSPS) is 16.5. The van der Waals surface area contributed by atoms with E-state index in [2.05, 4.69) is 11.1 Å². The number of hydrogen-bond donors (Lipinski definition) is 1. The molecule has 0 radical (unpaired) electrons. The fraction of sp³-hybridized carbons (Fsp3) is 0.158. The number of thiophene rings is 1. The summed E-state index contributed by atoms with van der Waals surface area (Å²) in [6.45, 7) is 3.99. The predicted molar refractivity (Wildman–Crippen MR) is 99.8 cm³/mol. The number of pyridine rings is 1. The molecule has 0 amide bonds. The fourth-order valence-corrected chi connectivity index (χ4v) is 4.88. The first-order valence-corrected chi connectivity index (χ1v) is 8.93. The fourth-order valence-electron chi connectivity index (χ4n) is 3.28. The number of allylic oxidation sites excluding steroid dienone is 1. The third-order valence-electron chi connectivity index (χ3n) is 4.33. The van der Waals surface area contributed by atoms with E-state index in [1.54, 1.807) is 0 Å². The molecule has 1 aliphatic rings. The van der Waals surface area contributed by atoms with Gasteiger partial charge in [0.1, 0.15) is 16.5 Å². The van der Waals surface area contributed by atoms with Crippen molar-refractivity contribution in [3.8, 4) is 11.8 Å². The molecule has 0 saturated carbocycles. The topological polar surface area (TPSA) is 71.9 Å². The lowest BCUT2D eigenvalue weighted by Crippen LogP contribution is -2.20. The number of nitrogens with zero attached hydrogens (tertiary/aromatic N) is 2. The Morgan fingerprint density at radius 3 is 2.80 bits per heavy atom. The van der Waals surface area contributed by atoms with Crippen molar-refractivity contribution in [1.29, 1.82) is 5.26 Å². The van der Waals surface area contributed by atoms with Crippen LogP contribution in [0.15, 0.2) is 41.8 Å². The van der Waals surface area contributed by atoms with Gasteiger partial charge < -0.3 is 10.5 Å². The molecule has 1 aliphatic heterocycles. The Kier molecular flexibility index (Phi) is 3.68. The van der Waals surface area contributed by atoms with Crippen molar-refractivity contribution < 1.29 is 4.74 Å². The summed E-state index contributed by atoms with van der Waals surface area (Å²) in [6.07, 6.45) is 0. The van der Waals surface area contributed by atoms with Crippen molar-refractivity contribution in [1.82, 2.24) is 4.98 Å². The molecule has 2 N–H and O–H groups in total. The van der Waals surface area contributed by atoms with Crippen LogP contribution < -0.4 is 10.5 Å². The van der Waals surface area contributed by atoms with Gasteiger partial charge in [-0.15, -0.1) is 11.3 Å². The van der Waals surface area contributed by atoms with Crippen LogP contribution in [0, 0.1) is 25.2 Å². The van der Waals surface area contributed by atoms with Crippen LogP contribution in [0.25, 0.3) is 10.2 Å². The van der Waals surface area contributed by atoms with Crippen LogP contribution in [-0.4, -0.2) is 4.98 Å². The second kappa shape index (κ2) is 5.76. The maximum absolute atomic E-state index is 9.66. The summed E-state index contributed by atoms with van der Waals surface area (Å²) in [5, 5.41) is 11.2. The van der Waals surface area contributed by atoms with Crippen LogP contribution in [0.4, 0.5) is 0 Å². The SMILES string of the molecule is Cc1cc(C)c2c3c(sc2n1)[C@@H](c1ccccc1Cl)C(C#N)=C(N)O3. The van der Waals surface area contributed by atoms with Gasteiger partial charge in [0.2, 0.25) is 5.88 Å². The largest absolute Gasteiger partial charge is 0.439 e. The number of hydrogen-bond acceptors (Lipinski definition) is 5. The summed E-state index contributed by atoms with van der Waals surface area (Å²) in [6, 6.07) is 11.7. The Hall–Kier alpha value is -2.55. The van der Waals surface area contributed by atoms with Gasteiger partial charge in [0, 0.05) is 10.7 Å². The minimum Gasteiger partial charge on any atom is -0.439 e. The van der Waals surface area contributed by atoms with Crippen molar-refractivity contribution >= 4 is 33.2 Å². The molecule has 25 heavy (non-hydrogen) atoms. The van der Waals surface area contributed by atoms with E-state index in [9.17, 15) is 5.26 Å². The van der Waals surface area contributed by atoms with E-state index in [4.69, 9.17) is 22.1 Å². The highest BCUT2D eigenvalue weighted by molar-refractivity contribution is 7.19. The predicted octanol–water partition coefficient (Wildman–Crippen LogP) is 4.78. The molecule has 124 valence electrons. The number of benzene rings is 1. The second-order valence-corrected chi connectivity index (χ2v) is 7.44. The van der Waals surface area contributed by atoms with E-state index >= 15 is 0 Å². The molecule has 1 atom stereocenters. The van der Waals surface area contributed by atoms with Gasteiger partial charge in [-0.05, 0) is 37.1 Å². The van der Waals surface area contributed by atoms with E-state index in [1.807, 2.05) is 44.2 Å². The lowest BCUT2D eigenvalue weighted by atomic mass is 9.88. The average Bonchev–Trinajstić information content (AvgIpc) is 2.92. The zero-order chi connectivity index (χ0) is 17.7. The van der Waals surface area contributed by atoms with Crippen LogP contribution in [0.2, 0.25) is 5.02 Å². The van der Waals surface area contributed by atoms with E-state index in [-0.39, 0.29) is 11.8 Å². The summed E-state index contributed by atoms with van der Waals surface area (Å²) in [5.41, 5.74) is 9.33. The zero-order valence-electron chi connectivity index (χ0n) is 13.6. The highest BCUT2D eigenvalue weighted by atomic mass is 35.5.